The van der Waals surface area contributed by atoms with E-state index in [0.29, 0.717) is 19.7 Å². The van der Waals surface area contributed by atoms with Crippen LogP contribution in [0.15, 0.2) is 42.0 Å². The molecule has 1 aliphatic heterocycles. The Kier molecular flexibility index (Phi) is 7.94. The molecule has 1 heterocycles. The predicted molar refractivity (Wildman–Crippen MR) is 142 cm³/mol. The van der Waals surface area contributed by atoms with E-state index >= 15 is 0 Å². The summed E-state index contributed by atoms with van der Waals surface area (Å²) in [6.45, 7) is 11.6. The number of likely N-dealkylation sites (tertiary alicyclic amines) is 1. The van der Waals surface area contributed by atoms with Gasteiger partial charge in [0.1, 0.15) is 24.2 Å². The SMILES string of the molecule is CCCc1ccc(COc2ccc3c(c2)CCC(CN2CC(OC(=O)O)C2)=C3C(C)(C)C)c(OC)c1. The number of ether oxygens (including phenoxy) is 3. The Hall–Kier alpha value is -2.99. The highest BCUT2D eigenvalue weighted by molar-refractivity contribution is 5.77. The summed E-state index contributed by atoms with van der Waals surface area (Å²) in [6.07, 6.45) is 2.72. The minimum Gasteiger partial charge on any atom is -0.496 e. The summed E-state index contributed by atoms with van der Waals surface area (Å²) >= 11 is 0. The summed E-state index contributed by atoms with van der Waals surface area (Å²) in [6, 6.07) is 12.9. The zero-order chi connectivity index (χ0) is 25.9. The van der Waals surface area contributed by atoms with Crippen LogP contribution in [-0.2, 0) is 24.2 Å². The highest BCUT2D eigenvalue weighted by Gasteiger charge is 2.34. The molecule has 0 bridgehead atoms. The van der Waals surface area contributed by atoms with Crippen LogP contribution in [0.2, 0.25) is 0 Å². The van der Waals surface area contributed by atoms with E-state index in [4.69, 9.17) is 19.3 Å². The van der Waals surface area contributed by atoms with E-state index in [1.54, 1.807) is 7.11 Å². The maximum absolute atomic E-state index is 10.8. The van der Waals surface area contributed by atoms with Gasteiger partial charge in [-0.3, -0.25) is 4.90 Å². The Bertz CT molecular complexity index is 1120. The normalized spacial score (nSPS) is 16.4. The number of hydrogen-bond donors (Lipinski definition) is 1. The van der Waals surface area contributed by atoms with Crippen molar-refractivity contribution in [3.63, 3.8) is 0 Å². The van der Waals surface area contributed by atoms with Gasteiger partial charge in [0.25, 0.3) is 0 Å². The lowest BCUT2D eigenvalue weighted by atomic mass is 9.73. The number of carboxylic acid groups (broad SMARTS) is 1. The van der Waals surface area contributed by atoms with Gasteiger partial charge in [0.15, 0.2) is 0 Å². The Morgan fingerprint density at radius 2 is 1.89 bits per heavy atom. The van der Waals surface area contributed by atoms with Gasteiger partial charge >= 0.3 is 6.16 Å². The van der Waals surface area contributed by atoms with E-state index in [-0.39, 0.29) is 11.5 Å². The van der Waals surface area contributed by atoms with E-state index < -0.39 is 6.16 Å². The van der Waals surface area contributed by atoms with E-state index in [1.807, 2.05) is 0 Å². The maximum Gasteiger partial charge on any atom is 0.506 e. The van der Waals surface area contributed by atoms with Crippen molar-refractivity contribution >= 4 is 11.7 Å². The number of aryl methyl sites for hydroxylation is 2. The maximum atomic E-state index is 10.8. The molecule has 2 aromatic carbocycles. The quantitative estimate of drug-likeness (QED) is 0.411. The average Bonchev–Trinajstić information content (AvgIpc) is 2.80. The molecule has 0 spiro atoms. The second-order valence-electron chi connectivity index (χ2n) is 10.9. The van der Waals surface area contributed by atoms with Crippen molar-refractivity contribution in [3.05, 3.63) is 64.2 Å². The third-order valence-electron chi connectivity index (χ3n) is 7.04. The summed E-state index contributed by atoms with van der Waals surface area (Å²) in [7, 11) is 1.71. The molecule has 0 amide bonds. The van der Waals surface area contributed by atoms with E-state index in [0.717, 1.165) is 49.3 Å². The molecule has 1 N–H and O–H groups in total. The van der Waals surface area contributed by atoms with Crippen molar-refractivity contribution in [2.45, 2.75) is 66.1 Å². The third kappa shape index (κ3) is 6.04. The third-order valence-corrected chi connectivity index (χ3v) is 7.04. The van der Waals surface area contributed by atoms with Crippen molar-refractivity contribution in [2.75, 3.05) is 26.7 Å². The minimum absolute atomic E-state index is 0.00229. The van der Waals surface area contributed by atoms with E-state index in [9.17, 15) is 4.79 Å². The smallest absolute Gasteiger partial charge is 0.496 e. The Balaban J connectivity index is 1.48. The topological polar surface area (TPSA) is 68.2 Å². The van der Waals surface area contributed by atoms with Crippen molar-refractivity contribution in [3.8, 4) is 11.5 Å². The van der Waals surface area contributed by atoms with Crippen LogP contribution in [0, 0.1) is 5.41 Å². The number of hydrogen-bond acceptors (Lipinski definition) is 5. The standard InChI is InChI=1S/C30H39NO5/c1-6-7-20-8-9-23(27(14-20)34-5)19-35-24-12-13-26-21(15-24)10-11-22(28(26)30(2,3)4)16-31-17-25(18-31)36-29(32)33/h8-9,12-15,25H,6-7,10-11,16-19H2,1-5H3,(H,32,33). The van der Waals surface area contributed by atoms with Crippen LogP contribution < -0.4 is 9.47 Å². The van der Waals surface area contributed by atoms with Crippen LogP contribution in [0.1, 0.15) is 62.8 Å². The van der Waals surface area contributed by atoms with Gasteiger partial charge in [-0.25, -0.2) is 4.79 Å². The molecule has 6 nitrogen and oxygen atoms in total. The highest BCUT2D eigenvalue weighted by atomic mass is 16.7. The van der Waals surface area contributed by atoms with Crippen molar-refractivity contribution in [2.24, 2.45) is 5.41 Å². The lowest BCUT2D eigenvalue weighted by molar-refractivity contribution is -0.0293. The molecule has 1 fully saturated rings. The van der Waals surface area contributed by atoms with Gasteiger partial charge in [0.05, 0.1) is 7.11 Å². The fourth-order valence-electron chi connectivity index (χ4n) is 5.46. The molecule has 1 aliphatic carbocycles. The first-order chi connectivity index (χ1) is 17.2. The summed E-state index contributed by atoms with van der Waals surface area (Å²) in [5, 5.41) is 8.83. The van der Waals surface area contributed by atoms with Gasteiger partial charge in [-0.1, -0.05) is 57.9 Å². The largest absolute Gasteiger partial charge is 0.506 e. The van der Waals surface area contributed by atoms with Gasteiger partial charge in [-0.15, -0.1) is 0 Å². The number of fused-ring (bicyclic) bond motifs is 1. The number of carbonyl (C=O) groups is 1. The van der Waals surface area contributed by atoms with Gasteiger partial charge in [-0.2, -0.15) is 0 Å². The molecule has 0 saturated carbocycles. The van der Waals surface area contributed by atoms with Crippen LogP contribution in [-0.4, -0.2) is 49.0 Å². The molecule has 0 aromatic heterocycles. The lowest BCUT2D eigenvalue weighted by Crippen LogP contribution is -2.53. The number of allylic oxidation sites excluding steroid dienone is 1. The summed E-state index contributed by atoms with van der Waals surface area (Å²) in [5.41, 5.74) is 7.79. The molecule has 36 heavy (non-hydrogen) atoms. The fourth-order valence-corrected chi connectivity index (χ4v) is 5.46. The first-order valence-electron chi connectivity index (χ1n) is 12.9. The Labute approximate surface area is 214 Å². The molecule has 0 radical (unpaired) electrons. The molecule has 2 aromatic rings. The van der Waals surface area contributed by atoms with Crippen LogP contribution in [0.4, 0.5) is 4.79 Å². The number of methoxy groups -OCH3 is 1. The van der Waals surface area contributed by atoms with Crippen molar-refractivity contribution < 1.29 is 24.1 Å². The molecule has 4 rings (SSSR count). The van der Waals surface area contributed by atoms with Gasteiger partial charge in [0, 0.05) is 25.2 Å². The van der Waals surface area contributed by atoms with Crippen molar-refractivity contribution in [1.29, 1.82) is 0 Å². The molecule has 1 saturated heterocycles. The lowest BCUT2D eigenvalue weighted by Gasteiger charge is -2.40. The average molecular weight is 494 g/mol. The highest BCUT2D eigenvalue weighted by Crippen LogP contribution is 2.44. The van der Waals surface area contributed by atoms with E-state index in [2.05, 4.69) is 69.0 Å². The Morgan fingerprint density at radius 3 is 2.56 bits per heavy atom. The summed E-state index contributed by atoms with van der Waals surface area (Å²) in [5.74, 6) is 1.75. The zero-order valence-electron chi connectivity index (χ0n) is 22.2. The molecule has 6 heteroatoms. The van der Waals surface area contributed by atoms with Gasteiger partial charge in [0.2, 0.25) is 0 Å². The molecule has 0 unspecified atom stereocenters. The molecular formula is C30H39NO5. The van der Waals surface area contributed by atoms with Crippen LogP contribution in [0.25, 0.3) is 5.57 Å². The minimum atomic E-state index is -1.19. The monoisotopic (exact) mass is 493 g/mol. The molecule has 0 atom stereocenters. The van der Waals surface area contributed by atoms with Gasteiger partial charge < -0.3 is 19.3 Å². The number of rotatable bonds is 9. The van der Waals surface area contributed by atoms with E-state index in [1.165, 1.54) is 27.8 Å². The van der Waals surface area contributed by atoms with Crippen LogP contribution in [0.5, 0.6) is 11.5 Å². The summed E-state index contributed by atoms with van der Waals surface area (Å²) < 4.78 is 16.7. The second-order valence-corrected chi connectivity index (χ2v) is 10.9. The Morgan fingerprint density at radius 1 is 1.11 bits per heavy atom. The van der Waals surface area contributed by atoms with Crippen LogP contribution in [0.3, 0.4) is 0 Å². The van der Waals surface area contributed by atoms with Gasteiger partial charge in [-0.05, 0) is 65.1 Å². The molecular weight excluding hydrogens is 454 g/mol. The zero-order valence-corrected chi connectivity index (χ0v) is 22.2. The number of benzene rings is 2. The molecule has 2 aliphatic rings. The first-order valence-corrected chi connectivity index (χ1v) is 12.9. The fraction of sp³-hybridized carbons (Fsp3) is 0.500. The second kappa shape index (κ2) is 11.0. The predicted octanol–water partition coefficient (Wildman–Crippen LogP) is 6.35. The number of nitrogens with zero attached hydrogens (tertiary/aromatic N) is 1. The van der Waals surface area contributed by atoms with Crippen molar-refractivity contribution in [1.82, 2.24) is 4.90 Å². The summed E-state index contributed by atoms with van der Waals surface area (Å²) in [4.78, 5) is 13.1. The van der Waals surface area contributed by atoms with Crippen LogP contribution >= 0.6 is 0 Å². The molecule has 194 valence electrons. The first kappa shape index (κ1) is 26.1.